The number of hydrogen-bond acceptors (Lipinski definition) is 0. The SMILES string of the molecule is CC(C)P(CCP(C(C)C)C1CCCC1)C1CCCC1. The maximum Gasteiger partial charge on any atom is -0.0207 e. The molecule has 0 heterocycles. The quantitative estimate of drug-likeness (QED) is 0.461. The van der Waals surface area contributed by atoms with Crippen LogP contribution in [0.5, 0.6) is 0 Å². The van der Waals surface area contributed by atoms with E-state index in [-0.39, 0.29) is 0 Å². The number of rotatable bonds is 7. The van der Waals surface area contributed by atoms with Gasteiger partial charge in [-0.3, -0.25) is 0 Å². The van der Waals surface area contributed by atoms with Gasteiger partial charge in [-0.25, -0.2) is 0 Å². The minimum Gasteiger partial charge on any atom is -0.101 e. The van der Waals surface area contributed by atoms with Crippen LogP contribution >= 0.6 is 15.8 Å². The summed E-state index contributed by atoms with van der Waals surface area (Å²) in [6, 6.07) is 0. The largest absolute Gasteiger partial charge is 0.101 e. The van der Waals surface area contributed by atoms with Gasteiger partial charge in [-0.2, -0.15) is 0 Å². The zero-order valence-corrected chi connectivity index (χ0v) is 16.1. The zero-order valence-electron chi connectivity index (χ0n) is 14.3. The van der Waals surface area contributed by atoms with Gasteiger partial charge in [0, 0.05) is 0 Å². The van der Waals surface area contributed by atoms with Gasteiger partial charge in [0.15, 0.2) is 0 Å². The van der Waals surface area contributed by atoms with E-state index in [4.69, 9.17) is 0 Å². The third-order valence-electron chi connectivity index (χ3n) is 5.53. The Morgan fingerprint density at radius 2 is 0.950 bits per heavy atom. The molecule has 2 heteroatoms. The molecule has 0 spiro atoms. The van der Waals surface area contributed by atoms with Crippen LogP contribution in [0.15, 0.2) is 0 Å². The normalized spacial score (nSPS) is 24.9. The van der Waals surface area contributed by atoms with Crippen molar-refractivity contribution in [2.75, 3.05) is 12.3 Å². The van der Waals surface area contributed by atoms with Crippen molar-refractivity contribution in [2.45, 2.75) is 102 Å². The average molecular weight is 314 g/mol. The van der Waals surface area contributed by atoms with Gasteiger partial charge < -0.3 is 0 Å². The lowest BCUT2D eigenvalue weighted by Crippen LogP contribution is -2.16. The summed E-state index contributed by atoms with van der Waals surface area (Å²) in [5.74, 6) is 0. The lowest BCUT2D eigenvalue weighted by atomic mass is 10.4. The van der Waals surface area contributed by atoms with Crippen molar-refractivity contribution in [3.8, 4) is 0 Å². The smallest absolute Gasteiger partial charge is 0.0207 e. The Morgan fingerprint density at radius 3 is 1.20 bits per heavy atom. The molecule has 0 amide bonds. The maximum absolute atomic E-state index is 2.51. The van der Waals surface area contributed by atoms with Crippen LogP contribution < -0.4 is 0 Å². The van der Waals surface area contributed by atoms with Gasteiger partial charge >= 0.3 is 0 Å². The van der Waals surface area contributed by atoms with E-state index in [0.717, 1.165) is 22.6 Å². The highest BCUT2D eigenvalue weighted by Gasteiger charge is 2.30. The monoisotopic (exact) mass is 314 g/mol. The zero-order chi connectivity index (χ0) is 14.5. The van der Waals surface area contributed by atoms with Crippen molar-refractivity contribution in [1.82, 2.24) is 0 Å². The Balaban J connectivity index is 1.88. The first-order chi connectivity index (χ1) is 9.59. The van der Waals surface area contributed by atoms with Gasteiger partial charge in [0.25, 0.3) is 0 Å². The molecule has 0 aromatic heterocycles. The standard InChI is InChI=1S/C18H36P2/c1-15(2)19(17-9-5-6-10-17)13-14-20(16(3)4)18-11-7-8-12-18/h15-18H,5-14H2,1-4H3. The van der Waals surface area contributed by atoms with Gasteiger partial charge in [0.05, 0.1) is 0 Å². The van der Waals surface area contributed by atoms with Crippen molar-refractivity contribution in [1.29, 1.82) is 0 Å². The maximum atomic E-state index is 2.51. The minimum absolute atomic E-state index is 0.324. The predicted octanol–water partition coefficient (Wildman–Crippen LogP) is 6.65. The summed E-state index contributed by atoms with van der Waals surface area (Å²) < 4.78 is 0. The highest BCUT2D eigenvalue weighted by Crippen LogP contribution is 2.58. The molecule has 2 rings (SSSR count). The van der Waals surface area contributed by atoms with Gasteiger partial charge in [0.2, 0.25) is 0 Å². The molecule has 0 aliphatic heterocycles. The molecular weight excluding hydrogens is 278 g/mol. The van der Waals surface area contributed by atoms with E-state index in [2.05, 4.69) is 27.7 Å². The second-order valence-corrected chi connectivity index (χ2v) is 14.0. The minimum atomic E-state index is 0.324. The molecule has 2 atom stereocenters. The topological polar surface area (TPSA) is 0 Å². The molecule has 0 N–H and O–H groups in total. The highest BCUT2D eigenvalue weighted by atomic mass is 31.1. The van der Waals surface area contributed by atoms with Crippen molar-refractivity contribution < 1.29 is 0 Å². The Hall–Kier alpha value is 0.860. The van der Waals surface area contributed by atoms with Crippen LogP contribution in [0.1, 0.15) is 79.1 Å². The third kappa shape index (κ3) is 4.68. The van der Waals surface area contributed by atoms with Crippen molar-refractivity contribution in [3.63, 3.8) is 0 Å². The molecule has 2 saturated carbocycles. The van der Waals surface area contributed by atoms with E-state index in [0.29, 0.717) is 15.8 Å². The molecule has 2 aliphatic rings. The van der Waals surface area contributed by atoms with Crippen LogP contribution in [0, 0.1) is 0 Å². The van der Waals surface area contributed by atoms with Crippen LogP contribution in [0.2, 0.25) is 0 Å². The van der Waals surface area contributed by atoms with Crippen LogP contribution in [0.25, 0.3) is 0 Å². The molecule has 0 aromatic carbocycles. The fraction of sp³-hybridized carbons (Fsp3) is 1.00. The van der Waals surface area contributed by atoms with Gasteiger partial charge in [-0.05, 0) is 60.6 Å². The second kappa shape index (κ2) is 8.48. The first-order valence-electron chi connectivity index (χ1n) is 9.11. The first kappa shape index (κ1) is 17.2. The molecule has 0 bridgehead atoms. The predicted molar refractivity (Wildman–Crippen MR) is 98.4 cm³/mol. The van der Waals surface area contributed by atoms with Crippen LogP contribution in [-0.4, -0.2) is 35.0 Å². The van der Waals surface area contributed by atoms with E-state index in [1.54, 1.807) is 38.0 Å². The molecular formula is C18H36P2. The van der Waals surface area contributed by atoms with Crippen LogP contribution in [0.4, 0.5) is 0 Å². The number of hydrogen-bond donors (Lipinski definition) is 0. The summed E-state index contributed by atoms with van der Waals surface area (Å²) in [5.41, 5.74) is 4.22. The van der Waals surface area contributed by atoms with E-state index in [9.17, 15) is 0 Å². The average Bonchev–Trinajstić information content (AvgIpc) is 3.06. The summed E-state index contributed by atoms with van der Waals surface area (Å²) in [7, 11) is 0.648. The van der Waals surface area contributed by atoms with Crippen molar-refractivity contribution >= 4 is 15.8 Å². The summed E-state index contributed by atoms with van der Waals surface area (Å²) in [6.45, 7) is 10.0. The molecule has 0 radical (unpaired) electrons. The third-order valence-corrected chi connectivity index (χ3v) is 12.9. The van der Waals surface area contributed by atoms with Gasteiger partial charge in [0.1, 0.15) is 0 Å². The molecule has 0 nitrogen and oxygen atoms in total. The Morgan fingerprint density at radius 1 is 0.650 bits per heavy atom. The Bertz CT molecular complexity index is 235. The molecule has 2 unspecified atom stereocenters. The Kier molecular flexibility index (Phi) is 7.30. The van der Waals surface area contributed by atoms with Crippen LogP contribution in [-0.2, 0) is 0 Å². The molecule has 20 heavy (non-hydrogen) atoms. The molecule has 0 aromatic rings. The lowest BCUT2D eigenvalue weighted by molar-refractivity contribution is 0.860. The molecule has 0 saturated heterocycles. The van der Waals surface area contributed by atoms with Gasteiger partial charge in [-0.15, -0.1) is 15.8 Å². The summed E-state index contributed by atoms with van der Waals surface area (Å²) in [6.07, 6.45) is 15.6. The summed E-state index contributed by atoms with van der Waals surface area (Å²) in [5, 5.41) is 0. The van der Waals surface area contributed by atoms with Crippen LogP contribution in [0.3, 0.4) is 0 Å². The summed E-state index contributed by atoms with van der Waals surface area (Å²) >= 11 is 0. The van der Waals surface area contributed by atoms with E-state index in [1.165, 1.54) is 25.7 Å². The van der Waals surface area contributed by atoms with E-state index < -0.39 is 0 Å². The van der Waals surface area contributed by atoms with Crippen molar-refractivity contribution in [3.05, 3.63) is 0 Å². The lowest BCUT2D eigenvalue weighted by Gasteiger charge is -2.33. The fourth-order valence-corrected chi connectivity index (χ4v) is 11.8. The highest BCUT2D eigenvalue weighted by molar-refractivity contribution is 7.63. The van der Waals surface area contributed by atoms with E-state index >= 15 is 0 Å². The van der Waals surface area contributed by atoms with Crippen molar-refractivity contribution in [2.24, 2.45) is 0 Å². The van der Waals surface area contributed by atoms with E-state index in [1.807, 2.05) is 0 Å². The molecule has 2 fully saturated rings. The Labute approximate surface area is 130 Å². The fourth-order valence-electron chi connectivity index (χ4n) is 4.43. The second-order valence-electron chi connectivity index (χ2n) is 7.54. The molecule has 2 aliphatic carbocycles. The summed E-state index contributed by atoms with van der Waals surface area (Å²) in [4.78, 5) is 0. The van der Waals surface area contributed by atoms with Gasteiger partial charge in [-0.1, -0.05) is 53.4 Å². The first-order valence-corrected chi connectivity index (χ1v) is 12.4. The molecule has 118 valence electrons.